The lowest BCUT2D eigenvalue weighted by Crippen LogP contribution is -2.31. The second-order valence-electron chi connectivity index (χ2n) is 10.2. The van der Waals surface area contributed by atoms with Gasteiger partial charge in [-0.15, -0.1) is 0 Å². The van der Waals surface area contributed by atoms with E-state index in [1.54, 1.807) is 0 Å². The predicted octanol–water partition coefficient (Wildman–Crippen LogP) is 5.31. The Hall–Kier alpha value is -1.26. The van der Waals surface area contributed by atoms with Gasteiger partial charge in [0, 0.05) is 25.6 Å². The van der Waals surface area contributed by atoms with E-state index in [0.29, 0.717) is 6.42 Å². The highest BCUT2D eigenvalue weighted by Crippen LogP contribution is 2.51. The monoisotopic (exact) mass is 459 g/mol. The van der Waals surface area contributed by atoms with Crippen molar-refractivity contribution in [3.63, 3.8) is 0 Å². The lowest BCUT2D eigenvalue weighted by molar-refractivity contribution is -0.193. The molecule has 0 spiro atoms. The topological polar surface area (TPSA) is 77.8 Å². The molecule has 2 aliphatic carbocycles. The third-order valence-electron chi connectivity index (χ3n) is 7.90. The molecule has 2 saturated carbocycles. The van der Waals surface area contributed by atoms with Crippen molar-refractivity contribution in [2.24, 2.45) is 23.7 Å². The van der Waals surface area contributed by atoms with Gasteiger partial charge in [-0.1, -0.05) is 38.3 Å². The summed E-state index contributed by atoms with van der Waals surface area (Å²) in [5.41, 5.74) is 0. The third-order valence-corrected chi connectivity index (χ3v) is 7.90. The van der Waals surface area contributed by atoms with E-state index in [0.717, 1.165) is 71.0 Å². The first-order valence-electron chi connectivity index (χ1n) is 13.3. The van der Waals surface area contributed by atoms with Crippen LogP contribution < -0.4 is 0 Å². The number of hydrogen-bond donors (Lipinski definition) is 0. The van der Waals surface area contributed by atoms with Crippen molar-refractivity contribution in [1.29, 1.82) is 5.26 Å². The molecule has 4 rings (SSSR count). The average Bonchev–Trinajstić information content (AvgIpc) is 3.32. The van der Waals surface area contributed by atoms with Gasteiger partial charge in [-0.3, -0.25) is 4.79 Å². The van der Waals surface area contributed by atoms with Crippen molar-refractivity contribution in [2.45, 2.75) is 109 Å². The summed E-state index contributed by atoms with van der Waals surface area (Å²) in [4.78, 5) is 12.5. The molecule has 2 heterocycles. The predicted molar refractivity (Wildman–Crippen MR) is 124 cm³/mol. The number of Topliss-reactive ketones (excluding diaryl/α,β-unsaturated/α-hetero) is 1. The van der Waals surface area contributed by atoms with Gasteiger partial charge >= 0.3 is 0 Å². The third kappa shape index (κ3) is 6.45. The fourth-order valence-corrected chi connectivity index (χ4v) is 6.10. The standard InChI is InChI=1S/C27H41NO5/c1-2-3-4-9-19(32-26-10-5-7-14-30-26)12-13-20-21-16-24(29)23(18-28)22(21)17-25(20)33-27-11-6-8-15-31-27/h12-13,19-23,25-27H,2-11,14-17H2,1H3/t19?,20-,21-,22-,23?,25-,26?,27?/m1/s1. The van der Waals surface area contributed by atoms with Gasteiger partial charge in [0.05, 0.1) is 18.3 Å². The van der Waals surface area contributed by atoms with Gasteiger partial charge in [0.2, 0.25) is 0 Å². The van der Waals surface area contributed by atoms with Crippen LogP contribution in [0.25, 0.3) is 0 Å². The lowest BCUT2D eigenvalue weighted by atomic mass is 9.88. The highest BCUT2D eigenvalue weighted by molar-refractivity contribution is 5.86. The molecule has 0 bridgehead atoms. The first-order chi connectivity index (χ1) is 16.2. The van der Waals surface area contributed by atoms with Crippen LogP contribution in [-0.4, -0.2) is 43.8 Å². The zero-order valence-corrected chi connectivity index (χ0v) is 20.2. The lowest BCUT2D eigenvalue weighted by Gasteiger charge is -2.30. The molecule has 8 atom stereocenters. The summed E-state index contributed by atoms with van der Waals surface area (Å²) >= 11 is 0. The van der Waals surface area contributed by atoms with Gasteiger partial charge in [-0.05, 0) is 63.2 Å². The van der Waals surface area contributed by atoms with E-state index in [2.05, 4.69) is 25.1 Å². The minimum atomic E-state index is -0.487. The number of carbonyl (C=O) groups is 1. The summed E-state index contributed by atoms with van der Waals surface area (Å²) in [7, 11) is 0. The largest absolute Gasteiger partial charge is 0.353 e. The minimum absolute atomic E-state index is 0.00847. The van der Waals surface area contributed by atoms with Crippen LogP contribution in [0.3, 0.4) is 0 Å². The summed E-state index contributed by atoms with van der Waals surface area (Å²) in [5, 5.41) is 9.61. The second-order valence-corrected chi connectivity index (χ2v) is 10.2. The Labute approximate surface area is 199 Å². The smallest absolute Gasteiger partial charge is 0.158 e. The van der Waals surface area contributed by atoms with E-state index in [1.165, 1.54) is 12.8 Å². The molecule has 184 valence electrons. The summed E-state index contributed by atoms with van der Waals surface area (Å²) in [6, 6.07) is 2.28. The van der Waals surface area contributed by atoms with E-state index < -0.39 is 5.92 Å². The number of carbonyl (C=O) groups excluding carboxylic acids is 1. The molecule has 2 saturated heterocycles. The van der Waals surface area contributed by atoms with Gasteiger partial charge in [0.25, 0.3) is 0 Å². The molecule has 2 aliphatic heterocycles. The van der Waals surface area contributed by atoms with Crippen molar-refractivity contribution in [3.8, 4) is 6.07 Å². The Morgan fingerprint density at radius 3 is 2.52 bits per heavy atom. The van der Waals surface area contributed by atoms with Crippen molar-refractivity contribution in [2.75, 3.05) is 13.2 Å². The fourth-order valence-electron chi connectivity index (χ4n) is 6.10. The van der Waals surface area contributed by atoms with Crippen molar-refractivity contribution in [3.05, 3.63) is 12.2 Å². The van der Waals surface area contributed by atoms with Gasteiger partial charge in [0.1, 0.15) is 5.92 Å². The molecule has 4 unspecified atom stereocenters. The number of unbranched alkanes of at least 4 members (excludes halogenated alkanes) is 2. The Kier molecular flexibility index (Phi) is 9.37. The van der Waals surface area contributed by atoms with Crippen molar-refractivity contribution >= 4 is 5.78 Å². The van der Waals surface area contributed by atoms with E-state index in [-0.39, 0.29) is 48.3 Å². The molecule has 33 heavy (non-hydrogen) atoms. The van der Waals surface area contributed by atoms with E-state index in [4.69, 9.17) is 18.9 Å². The maximum Gasteiger partial charge on any atom is 0.158 e. The van der Waals surface area contributed by atoms with Gasteiger partial charge < -0.3 is 18.9 Å². The Morgan fingerprint density at radius 2 is 1.85 bits per heavy atom. The van der Waals surface area contributed by atoms with Crippen LogP contribution in [0.2, 0.25) is 0 Å². The number of ketones is 1. The molecule has 4 aliphatic rings. The maximum absolute atomic E-state index is 12.5. The first-order valence-corrected chi connectivity index (χ1v) is 13.3. The molecule has 0 amide bonds. The summed E-state index contributed by atoms with van der Waals surface area (Å²) in [6.07, 6.45) is 16.2. The summed E-state index contributed by atoms with van der Waals surface area (Å²) < 4.78 is 24.5. The fraction of sp³-hybridized carbons (Fsp3) is 0.852. The van der Waals surface area contributed by atoms with Crippen LogP contribution in [-0.2, 0) is 23.7 Å². The Balaban J connectivity index is 1.46. The molecule has 6 nitrogen and oxygen atoms in total. The molecular weight excluding hydrogens is 418 g/mol. The Morgan fingerprint density at radius 1 is 1.09 bits per heavy atom. The van der Waals surface area contributed by atoms with Crippen LogP contribution >= 0.6 is 0 Å². The second kappa shape index (κ2) is 12.4. The zero-order valence-electron chi connectivity index (χ0n) is 20.2. The molecule has 4 fully saturated rings. The molecule has 0 aromatic carbocycles. The van der Waals surface area contributed by atoms with Crippen molar-refractivity contribution in [1.82, 2.24) is 0 Å². The molecule has 0 aromatic rings. The van der Waals surface area contributed by atoms with Crippen LogP contribution in [0.5, 0.6) is 0 Å². The van der Waals surface area contributed by atoms with E-state index >= 15 is 0 Å². The first kappa shape index (κ1) is 24.9. The van der Waals surface area contributed by atoms with Crippen molar-refractivity contribution < 1.29 is 23.7 Å². The van der Waals surface area contributed by atoms with E-state index in [1.807, 2.05) is 0 Å². The van der Waals surface area contributed by atoms with Crippen LogP contribution in [0, 0.1) is 35.0 Å². The molecule has 0 radical (unpaired) electrons. The van der Waals surface area contributed by atoms with Crippen LogP contribution in [0.15, 0.2) is 12.2 Å². The highest BCUT2D eigenvalue weighted by Gasteiger charge is 2.53. The quantitative estimate of drug-likeness (QED) is 0.325. The normalized spacial score (nSPS) is 37.8. The zero-order chi connectivity index (χ0) is 23.0. The summed E-state index contributed by atoms with van der Waals surface area (Å²) in [6.45, 7) is 3.74. The summed E-state index contributed by atoms with van der Waals surface area (Å²) in [5.74, 6) is -0.00269. The van der Waals surface area contributed by atoms with Crippen LogP contribution in [0.1, 0.15) is 84.0 Å². The molecule has 6 heteroatoms. The number of rotatable bonds is 10. The average molecular weight is 460 g/mol. The number of nitriles is 1. The number of ether oxygens (including phenoxy) is 4. The number of hydrogen-bond acceptors (Lipinski definition) is 6. The highest BCUT2D eigenvalue weighted by atomic mass is 16.7. The minimum Gasteiger partial charge on any atom is -0.353 e. The SMILES string of the molecule is CCCCCC(C=C[C@@H]1[C@H]2CC(=O)C(C#N)[C@@H]2C[C@H]1OC1CCCCO1)OC1CCCCO1. The number of nitrogens with zero attached hydrogens (tertiary/aromatic N) is 1. The maximum atomic E-state index is 12.5. The van der Waals surface area contributed by atoms with Crippen LogP contribution in [0.4, 0.5) is 0 Å². The van der Waals surface area contributed by atoms with Gasteiger partial charge in [-0.25, -0.2) is 0 Å². The van der Waals surface area contributed by atoms with Gasteiger partial charge in [-0.2, -0.15) is 5.26 Å². The van der Waals surface area contributed by atoms with E-state index in [9.17, 15) is 10.1 Å². The molecule has 0 aromatic heterocycles. The van der Waals surface area contributed by atoms with Gasteiger partial charge in [0.15, 0.2) is 18.4 Å². The Bertz CT molecular complexity index is 691. The molecular formula is C27H41NO5. The molecule has 0 N–H and O–H groups in total. The number of fused-ring (bicyclic) bond motifs is 1.